The van der Waals surface area contributed by atoms with Gasteiger partial charge in [0.25, 0.3) is 0 Å². The second-order valence-electron chi connectivity index (χ2n) is 20.3. The van der Waals surface area contributed by atoms with Gasteiger partial charge in [0.05, 0.1) is 27.5 Å². The third-order valence-corrected chi connectivity index (χ3v) is 21.3. The summed E-state index contributed by atoms with van der Waals surface area (Å²) in [4.78, 5) is 0. The van der Waals surface area contributed by atoms with Crippen LogP contribution in [-0.4, -0.2) is 17.2 Å². The number of benzene rings is 12. The Morgan fingerprint density at radius 1 is 0.263 bits per heavy atom. The lowest BCUT2D eigenvalue weighted by Crippen LogP contribution is -2.74. The molecule has 0 radical (unpaired) electrons. The van der Waals surface area contributed by atoms with Crippen LogP contribution in [0, 0.1) is 0 Å². The largest absolute Gasteiger partial charge is 0.309 e. The van der Waals surface area contributed by atoms with Crippen LogP contribution in [0.25, 0.3) is 77.2 Å². The third kappa shape index (κ3) is 6.40. The predicted molar refractivity (Wildman–Crippen MR) is 321 cm³/mol. The van der Waals surface area contributed by atoms with Crippen LogP contribution in [-0.2, 0) is 5.41 Å². The zero-order valence-corrected chi connectivity index (χ0v) is 42.8. The van der Waals surface area contributed by atoms with Crippen LogP contribution in [0.15, 0.2) is 303 Å². The van der Waals surface area contributed by atoms with Gasteiger partial charge in [-0.05, 0) is 114 Å². The molecule has 15 rings (SSSR count). The summed E-state index contributed by atoms with van der Waals surface area (Å²) in [6, 6.07) is 113. The SMILES string of the molecule is c1ccc(C2(c3ccccc3)c3ccccc3-c3ccc(-c4cccc5c4c4ccccc4n5-c4ccc5c6ccccc6n(-c6cccc([Si](c7ccccc7)(c7ccccc7)c7ccccc7)c6)c5c4)cc32)cc1. The van der Waals surface area contributed by atoms with Gasteiger partial charge in [-0.25, -0.2) is 0 Å². The van der Waals surface area contributed by atoms with Gasteiger partial charge < -0.3 is 9.13 Å². The monoisotopic (exact) mass is 982 g/mol. The Balaban J connectivity index is 0.941. The Hall–Kier alpha value is -9.54. The van der Waals surface area contributed by atoms with Gasteiger partial charge in [0.1, 0.15) is 0 Å². The number of hydrogen-bond acceptors (Lipinski definition) is 0. The Morgan fingerprint density at radius 2 is 0.724 bits per heavy atom. The van der Waals surface area contributed by atoms with E-state index in [1.165, 1.54) is 109 Å². The molecule has 2 aromatic heterocycles. The van der Waals surface area contributed by atoms with Crippen LogP contribution in [0.1, 0.15) is 22.3 Å². The van der Waals surface area contributed by atoms with Crippen LogP contribution >= 0.6 is 0 Å². The molecule has 0 saturated carbocycles. The molecular formula is C73H50N2Si. The van der Waals surface area contributed by atoms with Crippen molar-refractivity contribution in [1.29, 1.82) is 0 Å². The fraction of sp³-hybridized carbons (Fsp3) is 0.0137. The Bertz CT molecular complexity index is 4360. The molecule has 1 aliphatic carbocycles. The molecule has 12 aromatic carbocycles. The molecule has 0 bridgehead atoms. The summed E-state index contributed by atoms with van der Waals surface area (Å²) in [5.41, 5.74) is 16.6. The fourth-order valence-corrected chi connectivity index (χ4v) is 18.3. The van der Waals surface area contributed by atoms with E-state index in [4.69, 9.17) is 0 Å². The molecule has 1 aliphatic rings. The topological polar surface area (TPSA) is 9.86 Å². The molecular weight excluding hydrogens is 933 g/mol. The molecule has 3 heteroatoms. The van der Waals surface area contributed by atoms with E-state index in [-0.39, 0.29) is 0 Å². The van der Waals surface area contributed by atoms with Crippen LogP contribution in [0.2, 0.25) is 0 Å². The van der Waals surface area contributed by atoms with Crippen LogP contribution in [0.4, 0.5) is 0 Å². The van der Waals surface area contributed by atoms with Crippen LogP contribution < -0.4 is 20.7 Å². The second-order valence-corrected chi connectivity index (χ2v) is 24.1. The van der Waals surface area contributed by atoms with E-state index in [9.17, 15) is 0 Å². The molecule has 2 nitrogen and oxygen atoms in total. The average molecular weight is 983 g/mol. The lowest BCUT2D eigenvalue weighted by molar-refractivity contribution is 0.769. The maximum Gasteiger partial charge on any atom is 0.179 e. The van der Waals surface area contributed by atoms with E-state index in [0.29, 0.717) is 0 Å². The van der Waals surface area contributed by atoms with E-state index >= 15 is 0 Å². The van der Waals surface area contributed by atoms with Gasteiger partial charge >= 0.3 is 0 Å². The third-order valence-electron chi connectivity index (χ3n) is 16.5. The highest BCUT2D eigenvalue weighted by Crippen LogP contribution is 2.57. The molecule has 0 N–H and O–H groups in total. The fourth-order valence-electron chi connectivity index (χ4n) is 13.5. The summed E-state index contributed by atoms with van der Waals surface area (Å²) in [6.07, 6.45) is 0. The highest BCUT2D eigenvalue weighted by Gasteiger charge is 2.46. The van der Waals surface area contributed by atoms with E-state index in [1.54, 1.807) is 0 Å². The van der Waals surface area contributed by atoms with Crippen molar-refractivity contribution in [2.45, 2.75) is 5.41 Å². The Labute approximate surface area is 443 Å². The van der Waals surface area contributed by atoms with Crippen molar-refractivity contribution in [1.82, 2.24) is 9.13 Å². The van der Waals surface area contributed by atoms with Crippen molar-refractivity contribution in [2.24, 2.45) is 0 Å². The summed E-state index contributed by atoms with van der Waals surface area (Å²) in [7, 11) is -2.81. The molecule has 0 unspecified atom stereocenters. The summed E-state index contributed by atoms with van der Waals surface area (Å²) >= 11 is 0. The first kappa shape index (κ1) is 44.0. The Kier molecular flexibility index (Phi) is 10.2. The molecule has 14 aromatic rings. The molecule has 0 atom stereocenters. The van der Waals surface area contributed by atoms with Crippen LogP contribution in [0.3, 0.4) is 0 Å². The first-order valence-electron chi connectivity index (χ1n) is 26.4. The van der Waals surface area contributed by atoms with Crippen molar-refractivity contribution in [3.8, 4) is 33.6 Å². The zero-order valence-electron chi connectivity index (χ0n) is 41.8. The summed E-state index contributed by atoms with van der Waals surface area (Å²) < 4.78 is 5.00. The molecule has 356 valence electrons. The minimum Gasteiger partial charge on any atom is -0.309 e. The molecule has 0 saturated heterocycles. The standard InChI is InChI=1S/C73H50N2Si/c1-6-24-52(25-7-1)73(53-26-8-2-9-27-53)66-40-19-16-36-61(66)62-46-44-51(48-67(62)73)60-39-23-43-70-72(60)65-38-18-21-42-69(65)74(70)55-45-47-64-63-37-17-20-41-68(63)75(71(64)50-55)54-28-22-35-59(49-54)76(56-29-10-3-11-30-56,57-31-12-4-13-32-57)58-33-14-5-15-34-58/h1-50H. The number of rotatable bonds is 9. The highest BCUT2D eigenvalue weighted by atomic mass is 28.3. The molecule has 0 fully saturated rings. The number of hydrogen-bond donors (Lipinski definition) is 0. The maximum absolute atomic E-state index is 2.81. The lowest BCUT2D eigenvalue weighted by atomic mass is 9.67. The molecule has 76 heavy (non-hydrogen) atoms. The van der Waals surface area contributed by atoms with Gasteiger partial charge in [0.2, 0.25) is 0 Å². The van der Waals surface area contributed by atoms with Gasteiger partial charge in [0.15, 0.2) is 8.07 Å². The lowest BCUT2D eigenvalue weighted by Gasteiger charge is -2.34. The molecule has 0 amide bonds. The van der Waals surface area contributed by atoms with Gasteiger partial charge in [0, 0.05) is 32.9 Å². The first-order valence-corrected chi connectivity index (χ1v) is 28.4. The van der Waals surface area contributed by atoms with E-state index in [2.05, 4.69) is 312 Å². The average Bonchev–Trinajstić information content (AvgIpc) is 4.26. The van der Waals surface area contributed by atoms with Crippen molar-refractivity contribution in [3.63, 3.8) is 0 Å². The van der Waals surface area contributed by atoms with Crippen molar-refractivity contribution < 1.29 is 0 Å². The predicted octanol–water partition coefficient (Wildman–Crippen LogP) is 15.3. The summed E-state index contributed by atoms with van der Waals surface area (Å²) in [5, 5.41) is 10.3. The first-order chi connectivity index (χ1) is 37.7. The Morgan fingerprint density at radius 3 is 1.38 bits per heavy atom. The zero-order chi connectivity index (χ0) is 50.2. The van der Waals surface area contributed by atoms with E-state index in [0.717, 1.165) is 11.4 Å². The number of fused-ring (bicyclic) bond motifs is 9. The molecule has 0 aliphatic heterocycles. The minimum absolute atomic E-state index is 0.492. The number of nitrogens with zero attached hydrogens (tertiary/aromatic N) is 2. The van der Waals surface area contributed by atoms with E-state index < -0.39 is 13.5 Å². The second kappa shape index (κ2) is 17.6. The van der Waals surface area contributed by atoms with Gasteiger partial charge in [-0.3, -0.25) is 0 Å². The molecule has 0 spiro atoms. The van der Waals surface area contributed by atoms with Crippen LogP contribution in [0.5, 0.6) is 0 Å². The minimum atomic E-state index is -2.81. The van der Waals surface area contributed by atoms with Gasteiger partial charge in [-0.2, -0.15) is 0 Å². The normalized spacial score (nSPS) is 12.8. The number of para-hydroxylation sites is 2. The molecule has 2 heterocycles. The smallest absolute Gasteiger partial charge is 0.179 e. The number of aromatic nitrogens is 2. The summed E-state index contributed by atoms with van der Waals surface area (Å²) in [6.45, 7) is 0. The quantitative estimate of drug-likeness (QED) is 0.101. The highest BCUT2D eigenvalue weighted by molar-refractivity contribution is 7.19. The summed E-state index contributed by atoms with van der Waals surface area (Å²) in [5.74, 6) is 0. The van der Waals surface area contributed by atoms with Crippen molar-refractivity contribution in [2.75, 3.05) is 0 Å². The van der Waals surface area contributed by atoms with Gasteiger partial charge in [-0.15, -0.1) is 0 Å². The van der Waals surface area contributed by atoms with Crippen molar-refractivity contribution in [3.05, 3.63) is 326 Å². The van der Waals surface area contributed by atoms with Crippen molar-refractivity contribution >= 4 is 72.4 Å². The van der Waals surface area contributed by atoms with E-state index in [1.807, 2.05) is 0 Å². The van der Waals surface area contributed by atoms with Gasteiger partial charge in [-0.1, -0.05) is 255 Å². The maximum atomic E-state index is 2.51.